The summed E-state index contributed by atoms with van der Waals surface area (Å²) in [5.74, 6) is 0.720. The first-order valence-electron chi connectivity index (χ1n) is 17.3. The van der Waals surface area contributed by atoms with Crippen LogP contribution in [-0.2, 0) is 5.54 Å². The number of aryl methyl sites for hydroxylation is 1. The Balaban J connectivity index is 1.42. The molecule has 0 fully saturated rings. The minimum Gasteiger partial charge on any atom is -0.299 e. The van der Waals surface area contributed by atoms with E-state index in [-0.39, 0.29) is 0 Å². The Morgan fingerprint density at radius 2 is 1.26 bits per heavy atom. The summed E-state index contributed by atoms with van der Waals surface area (Å²) in [6.45, 7) is 6.86. The topological polar surface area (TPSA) is 29.0 Å². The van der Waals surface area contributed by atoms with E-state index >= 15 is 0 Å². The molecule has 0 amide bonds. The number of thiophene rings is 1. The van der Waals surface area contributed by atoms with E-state index in [1.54, 1.807) is 0 Å². The SMILES string of the molecule is Bc1cc(C)cc(B)c1-c1nc(N2c3c(c4ccccc4c4c3sc3ccccc34)-c3c(ccc4ccccc34)C2(C)C)nc2ccccc12. The zero-order valence-corrected chi connectivity index (χ0v) is 29.6. The average molecular weight is 657 g/mol. The van der Waals surface area contributed by atoms with Gasteiger partial charge in [-0.1, -0.05) is 126 Å². The summed E-state index contributed by atoms with van der Waals surface area (Å²) < 4.78 is 2.56. The molecule has 0 unspecified atom stereocenters. The maximum absolute atomic E-state index is 5.64. The predicted molar refractivity (Wildman–Crippen MR) is 221 cm³/mol. The van der Waals surface area contributed by atoms with Gasteiger partial charge in [0.25, 0.3) is 0 Å². The number of benzene rings is 7. The fraction of sp³-hybridized carbons (Fsp3) is 0.0909. The lowest BCUT2D eigenvalue weighted by Gasteiger charge is -2.46. The van der Waals surface area contributed by atoms with E-state index < -0.39 is 5.54 Å². The fourth-order valence-corrected chi connectivity index (χ4v) is 10.1. The standard InChI is InChI=1S/C44H33B2N3S/c1-24-22-32(45)39(33(46)23-24)40-29-16-8-10-18-34(29)47-43(48-40)49-41-38(37-26-13-5-4-12-25(26)20-21-31(37)44(49,2)3)28-15-7-6-14-27(28)36-30-17-9-11-19-35(30)50-42(36)41/h4-23H,45-46H2,1-3H3. The Labute approximate surface area is 297 Å². The third-order valence-electron chi connectivity index (χ3n) is 10.8. The van der Waals surface area contributed by atoms with Crippen molar-refractivity contribution in [3.63, 3.8) is 0 Å². The quantitative estimate of drug-likeness (QED) is 0.174. The van der Waals surface area contributed by atoms with Crippen LogP contribution in [0, 0.1) is 6.92 Å². The first-order valence-corrected chi connectivity index (χ1v) is 18.2. The molecule has 50 heavy (non-hydrogen) atoms. The summed E-state index contributed by atoms with van der Waals surface area (Å²) in [5, 5.41) is 8.71. The first-order chi connectivity index (χ1) is 24.3. The normalized spacial score (nSPS) is 13.8. The van der Waals surface area contributed by atoms with Gasteiger partial charge in [0.15, 0.2) is 0 Å². The number of hydrogen-bond acceptors (Lipinski definition) is 4. The van der Waals surface area contributed by atoms with Crippen LogP contribution < -0.4 is 15.8 Å². The Bertz CT molecular complexity index is 2880. The van der Waals surface area contributed by atoms with Crippen molar-refractivity contribution >= 4 is 102 Å². The molecule has 236 valence electrons. The zero-order valence-electron chi connectivity index (χ0n) is 28.8. The van der Waals surface area contributed by atoms with Crippen LogP contribution in [-0.4, -0.2) is 25.7 Å². The van der Waals surface area contributed by atoms with E-state index in [1.807, 2.05) is 11.3 Å². The molecule has 0 spiro atoms. The van der Waals surface area contributed by atoms with Gasteiger partial charge in [-0.25, -0.2) is 9.97 Å². The van der Waals surface area contributed by atoms with Crippen LogP contribution in [0.25, 0.3) is 75.0 Å². The summed E-state index contributed by atoms with van der Waals surface area (Å²) in [4.78, 5) is 13.6. The minimum atomic E-state index is -0.491. The van der Waals surface area contributed by atoms with Crippen LogP contribution in [0.3, 0.4) is 0 Å². The summed E-state index contributed by atoms with van der Waals surface area (Å²) in [7, 11) is 4.42. The van der Waals surface area contributed by atoms with Crippen LogP contribution >= 0.6 is 11.3 Å². The molecular weight excluding hydrogens is 624 g/mol. The van der Waals surface area contributed by atoms with Gasteiger partial charge < -0.3 is 0 Å². The van der Waals surface area contributed by atoms with Crippen LogP contribution in [0.1, 0.15) is 25.0 Å². The molecule has 3 nitrogen and oxygen atoms in total. The molecule has 7 aromatic carbocycles. The number of nitrogens with zero attached hydrogens (tertiary/aromatic N) is 3. The number of aromatic nitrogens is 2. The molecule has 9 aromatic rings. The highest BCUT2D eigenvalue weighted by Gasteiger charge is 2.43. The Morgan fingerprint density at radius 3 is 2.04 bits per heavy atom. The van der Waals surface area contributed by atoms with Gasteiger partial charge in [-0.05, 0) is 71.1 Å². The first kappa shape index (κ1) is 29.5. The molecule has 0 N–H and O–H groups in total. The highest BCUT2D eigenvalue weighted by molar-refractivity contribution is 7.26. The van der Waals surface area contributed by atoms with Crippen molar-refractivity contribution in [1.82, 2.24) is 9.97 Å². The Morgan fingerprint density at radius 1 is 0.620 bits per heavy atom. The molecular formula is C44H33B2N3S. The van der Waals surface area contributed by atoms with Gasteiger partial charge in [-0.15, -0.1) is 11.3 Å². The third kappa shape index (κ3) is 4.00. The second-order valence-corrected chi connectivity index (χ2v) is 15.4. The van der Waals surface area contributed by atoms with Gasteiger partial charge in [0, 0.05) is 26.4 Å². The molecule has 2 aromatic heterocycles. The van der Waals surface area contributed by atoms with E-state index in [4.69, 9.17) is 9.97 Å². The summed E-state index contributed by atoms with van der Waals surface area (Å²) in [5.41, 5.74) is 11.4. The van der Waals surface area contributed by atoms with Gasteiger partial charge in [0.2, 0.25) is 5.95 Å². The second kappa shape index (κ2) is 10.5. The maximum atomic E-state index is 5.64. The van der Waals surface area contributed by atoms with Crippen molar-refractivity contribution in [3.8, 4) is 22.4 Å². The highest BCUT2D eigenvalue weighted by Crippen LogP contribution is 2.59. The molecule has 6 heteroatoms. The zero-order chi connectivity index (χ0) is 33.9. The van der Waals surface area contributed by atoms with E-state index in [1.165, 1.54) is 86.1 Å². The Hall–Kier alpha value is -5.45. The predicted octanol–water partition coefficient (Wildman–Crippen LogP) is 8.85. The molecule has 1 aliphatic rings. The van der Waals surface area contributed by atoms with Crippen LogP contribution in [0.4, 0.5) is 11.6 Å². The largest absolute Gasteiger partial charge is 0.299 e. The number of anilines is 2. The van der Waals surface area contributed by atoms with E-state index in [0.29, 0.717) is 0 Å². The molecule has 3 heterocycles. The van der Waals surface area contributed by atoms with Crippen LogP contribution in [0.2, 0.25) is 0 Å². The van der Waals surface area contributed by atoms with Crippen LogP contribution in [0.5, 0.6) is 0 Å². The van der Waals surface area contributed by atoms with Crippen molar-refractivity contribution in [1.29, 1.82) is 0 Å². The number of fused-ring (bicyclic) bond motifs is 13. The van der Waals surface area contributed by atoms with Gasteiger partial charge in [0.05, 0.1) is 27.1 Å². The minimum absolute atomic E-state index is 0.491. The van der Waals surface area contributed by atoms with Crippen molar-refractivity contribution < 1.29 is 0 Å². The van der Waals surface area contributed by atoms with Gasteiger partial charge >= 0.3 is 0 Å². The molecule has 0 atom stereocenters. The fourth-order valence-electron chi connectivity index (χ4n) is 8.82. The second-order valence-electron chi connectivity index (χ2n) is 14.3. The maximum Gasteiger partial charge on any atom is 0.231 e. The summed E-state index contributed by atoms with van der Waals surface area (Å²) >= 11 is 1.88. The summed E-state index contributed by atoms with van der Waals surface area (Å²) in [6.07, 6.45) is 0. The third-order valence-corrected chi connectivity index (χ3v) is 12.0. The van der Waals surface area contributed by atoms with Crippen LogP contribution in [0.15, 0.2) is 121 Å². The molecule has 0 radical (unpaired) electrons. The number of hydrogen-bond donors (Lipinski definition) is 0. The van der Waals surface area contributed by atoms with E-state index in [9.17, 15) is 0 Å². The lowest BCUT2D eigenvalue weighted by Crippen LogP contribution is -2.42. The van der Waals surface area contributed by atoms with Crippen molar-refractivity contribution in [2.75, 3.05) is 4.90 Å². The number of rotatable bonds is 2. The Kier molecular flexibility index (Phi) is 6.20. The van der Waals surface area contributed by atoms with Gasteiger partial charge in [0.1, 0.15) is 15.7 Å². The van der Waals surface area contributed by atoms with E-state index in [0.717, 1.165) is 22.5 Å². The lowest BCUT2D eigenvalue weighted by atomic mass is 9.76. The smallest absolute Gasteiger partial charge is 0.231 e. The van der Waals surface area contributed by atoms with Crippen molar-refractivity contribution in [2.45, 2.75) is 26.3 Å². The van der Waals surface area contributed by atoms with E-state index in [2.05, 4.69) is 163 Å². The monoisotopic (exact) mass is 657 g/mol. The number of para-hydroxylation sites is 1. The van der Waals surface area contributed by atoms with Crippen molar-refractivity contribution in [3.05, 3.63) is 132 Å². The molecule has 0 bridgehead atoms. The molecule has 1 aliphatic heterocycles. The highest BCUT2D eigenvalue weighted by atomic mass is 32.1. The summed E-state index contributed by atoms with van der Waals surface area (Å²) in [6, 6.07) is 44.3. The van der Waals surface area contributed by atoms with Gasteiger partial charge in [-0.3, -0.25) is 4.90 Å². The van der Waals surface area contributed by atoms with Crippen molar-refractivity contribution in [2.24, 2.45) is 0 Å². The average Bonchev–Trinajstić information content (AvgIpc) is 3.51. The van der Waals surface area contributed by atoms with Gasteiger partial charge in [-0.2, -0.15) is 0 Å². The lowest BCUT2D eigenvalue weighted by molar-refractivity contribution is 0.525. The molecule has 0 saturated carbocycles. The molecule has 10 rings (SSSR count). The molecule has 0 aliphatic carbocycles. The molecule has 0 saturated heterocycles.